The van der Waals surface area contributed by atoms with E-state index in [4.69, 9.17) is 9.90 Å². The first-order chi connectivity index (χ1) is 5.50. The lowest BCUT2D eigenvalue weighted by Gasteiger charge is -1.85. The number of hydrogen-bond donors (Lipinski definition) is 2. The summed E-state index contributed by atoms with van der Waals surface area (Å²) in [7, 11) is 1.75. The first-order valence-electron chi connectivity index (χ1n) is 3.84. The van der Waals surface area contributed by atoms with Crippen molar-refractivity contribution in [1.82, 2.24) is 5.32 Å². The molecule has 0 radical (unpaired) electrons. The van der Waals surface area contributed by atoms with E-state index in [1.54, 1.807) is 14.0 Å². The van der Waals surface area contributed by atoms with E-state index in [1.807, 2.05) is 13.8 Å². The Labute approximate surface area is 74.0 Å². The van der Waals surface area contributed by atoms with Gasteiger partial charge in [-0.3, -0.25) is 9.59 Å². The Morgan fingerprint density at radius 3 is 1.50 bits per heavy atom. The van der Waals surface area contributed by atoms with Crippen LogP contribution in [0.1, 0.15) is 27.7 Å². The fourth-order valence-electron chi connectivity index (χ4n) is 0.249. The highest BCUT2D eigenvalue weighted by atomic mass is 16.4. The van der Waals surface area contributed by atoms with Crippen LogP contribution in [0.5, 0.6) is 0 Å². The summed E-state index contributed by atoms with van der Waals surface area (Å²) >= 11 is 0. The van der Waals surface area contributed by atoms with E-state index < -0.39 is 5.97 Å². The molecule has 0 spiro atoms. The molecule has 0 aromatic heterocycles. The topological polar surface area (TPSA) is 66.4 Å². The third-order valence-electron chi connectivity index (χ3n) is 0.426. The number of Topliss-reactive ketones (excluding diaryl/α,β-unsaturated/α-hetero) is 1. The SMILES string of the molecule is CC.CC(=O)O.CNCC(C)=O. The maximum atomic E-state index is 9.98. The van der Waals surface area contributed by atoms with Gasteiger partial charge >= 0.3 is 0 Å². The van der Waals surface area contributed by atoms with E-state index in [-0.39, 0.29) is 5.78 Å². The van der Waals surface area contributed by atoms with Crippen LogP contribution in [-0.4, -0.2) is 30.5 Å². The highest BCUT2D eigenvalue weighted by Crippen LogP contribution is 1.57. The highest BCUT2D eigenvalue weighted by Gasteiger charge is 1.82. The predicted octanol–water partition coefficient (Wildman–Crippen LogP) is 0.912. The lowest BCUT2D eigenvalue weighted by Crippen LogP contribution is -2.14. The van der Waals surface area contributed by atoms with Crippen LogP contribution in [-0.2, 0) is 9.59 Å². The standard InChI is InChI=1S/C4H9NO.C2H4O2.C2H6/c1-4(6)3-5-2;1-2(3)4;1-2/h5H,3H2,1-2H3;1H3,(H,3,4);1-2H3. The van der Waals surface area contributed by atoms with Gasteiger partial charge in [0.05, 0.1) is 6.54 Å². The zero-order chi connectivity index (χ0) is 10.6. The summed E-state index contributed by atoms with van der Waals surface area (Å²) in [5.41, 5.74) is 0. The summed E-state index contributed by atoms with van der Waals surface area (Å²) in [5.74, 6) is -0.655. The average molecular weight is 177 g/mol. The minimum atomic E-state index is -0.833. The highest BCUT2D eigenvalue weighted by molar-refractivity contribution is 5.77. The van der Waals surface area contributed by atoms with Crippen molar-refractivity contribution >= 4 is 11.8 Å². The van der Waals surface area contributed by atoms with Crippen LogP contribution in [0, 0.1) is 0 Å². The Hall–Kier alpha value is -0.900. The van der Waals surface area contributed by atoms with Crippen LogP contribution < -0.4 is 5.32 Å². The zero-order valence-corrected chi connectivity index (χ0v) is 8.47. The van der Waals surface area contributed by atoms with Crippen LogP contribution in [0.2, 0.25) is 0 Å². The van der Waals surface area contributed by atoms with Gasteiger partial charge < -0.3 is 10.4 Å². The number of ketones is 1. The maximum absolute atomic E-state index is 9.98. The molecule has 0 rings (SSSR count). The summed E-state index contributed by atoms with van der Waals surface area (Å²) < 4.78 is 0. The van der Waals surface area contributed by atoms with Crippen molar-refractivity contribution in [2.45, 2.75) is 27.7 Å². The first kappa shape index (κ1) is 17.3. The number of aliphatic carboxylic acids is 1. The molecule has 4 heteroatoms. The first-order valence-corrected chi connectivity index (χ1v) is 3.84. The lowest BCUT2D eigenvalue weighted by molar-refractivity contribution is -0.134. The van der Waals surface area contributed by atoms with Gasteiger partial charge in [-0.25, -0.2) is 0 Å². The van der Waals surface area contributed by atoms with E-state index in [0.29, 0.717) is 6.54 Å². The molecule has 0 unspecified atom stereocenters. The molecular formula is C8H19NO3. The quantitative estimate of drug-likeness (QED) is 0.658. The van der Waals surface area contributed by atoms with E-state index >= 15 is 0 Å². The van der Waals surface area contributed by atoms with Crippen LogP contribution in [0.4, 0.5) is 0 Å². The second kappa shape index (κ2) is 16.6. The van der Waals surface area contributed by atoms with E-state index in [9.17, 15) is 4.79 Å². The van der Waals surface area contributed by atoms with Crippen LogP contribution in [0.15, 0.2) is 0 Å². The van der Waals surface area contributed by atoms with Gasteiger partial charge in [0.15, 0.2) is 0 Å². The van der Waals surface area contributed by atoms with Gasteiger partial charge in [0.25, 0.3) is 5.97 Å². The van der Waals surface area contributed by atoms with Gasteiger partial charge in [-0.2, -0.15) is 0 Å². The van der Waals surface area contributed by atoms with Crippen LogP contribution >= 0.6 is 0 Å². The van der Waals surface area contributed by atoms with Crippen molar-refractivity contribution in [3.8, 4) is 0 Å². The molecule has 0 aliphatic rings. The molecule has 0 fully saturated rings. The van der Waals surface area contributed by atoms with Gasteiger partial charge in [-0.05, 0) is 14.0 Å². The minimum absolute atomic E-state index is 0.178. The maximum Gasteiger partial charge on any atom is 0.300 e. The fraction of sp³-hybridized carbons (Fsp3) is 0.750. The van der Waals surface area contributed by atoms with Gasteiger partial charge in [-0.1, -0.05) is 13.8 Å². The number of hydrogen-bond acceptors (Lipinski definition) is 3. The van der Waals surface area contributed by atoms with Crippen molar-refractivity contribution < 1.29 is 14.7 Å². The second-order valence-electron chi connectivity index (χ2n) is 1.75. The van der Waals surface area contributed by atoms with Gasteiger partial charge in [0.2, 0.25) is 0 Å². The zero-order valence-electron chi connectivity index (χ0n) is 8.47. The molecule has 0 saturated heterocycles. The van der Waals surface area contributed by atoms with E-state index in [2.05, 4.69) is 5.32 Å². The fourth-order valence-corrected chi connectivity index (χ4v) is 0.249. The average Bonchev–Trinajstić information content (AvgIpc) is 1.90. The number of carboxylic acid groups (broad SMARTS) is 1. The number of carboxylic acids is 1. The molecule has 4 nitrogen and oxygen atoms in total. The normalized spacial score (nSPS) is 6.75. The molecule has 0 heterocycles. The Balaban J connectivity index is -0.000000118. The molecule has 12 heavy (non-hydrogen) atoms. The minimum Gasteiger partial charge on any atom is -0.481 e. The predicted molar refractivity (Wildman–Crippen MR) is 49.3 cm³/mol. The molecule has 0 saturated carbocycles. The Morgan fingerprint density at radius 1 is 1.25 bits per heavy atom. The Kier molecular flexibility index (Phi) is 23.9. The number of likely N-dealkylation sites (N-methyl/N-ethyl adjacent to an activating group) is 1. The summed E-state index contributed by atoms with van der Waals surface area (Å²) in [6.07, 6.45) is 0. The van der Waals surface area contributed by atoms with Gasteiger partial charge in [-0.15, -0.1) is 0 Å². The van der Waals surface area contributed by atoms with Crippen LogP contribution in [0.3, 0.4) is 0 Å². The third-order valence-corrected chi connectivity index (χ3v) is 0.426. The van der Waals surface area contributed by atoms with Crippen molar-refractivity contribution in [3.63, 3.8) is 0 Å². The molecule has 0 atom stereocenters. The molecule has 2 N–H and O–H groups in total. The molecule has 0 aliphatic heterocycles. The van der Waals surface area contributed by atoms with Crippen molar-refractivity contribution in [2.75, 3.05) is 13.6 Å². The lowest BCUT2D eigenvalue weighted by atomic mass is 10.5. The van der Waals surface area contributed by atoms with Crippen molar-refractivity contribution in [3.05, 3.63) is 0 Å². The molecule has 0 aromatic rings. The van der Waals surface area contributed by atoms with E-state index in [0.717, 1.165) is 6.92 Å². The summed E-state index contributed by atoms with van der Waals surface area (Å²) in [6, 6.07) is 0. The number of carbonyl (C=O) groups excluding carboxylic acids is 1. The second-order valence-corrected chi connectivity index (χ2v) is 1.75. The molecule has 0 aliphatic carbocycles. The number of nitrogens with one attached hydrogen (secondary N) is 1. The van der Waals surface area contributed by atoms with Crippen LogP contribution in [0.25, 0.3) is 0 Å². The Morgan fingerprint density at radius 2 is 1.50 bits per heavy atom. The van der Waals surface area contributed by atoms with Crippen molar-refractivity contribution in [2.24, 2.45) is 0 Å². The largest absolute Gasteiger partial charge is 0.481 e. The van der Waals surface area contributed by atoms with E-state index in [1.165, 1.54) is 0 Å². The van der Waals surface area contributed by atoms with Gasteiger partial charge in [0.1, 0.15) is 5.78 Å². The molecule has 74 valence electrons. The van der Waals surface area contributed by atoms with Crippen molar-refractivity contribution in [1.29, 1.82) is 0 Å². The summed E-state index contributed by atoms with van der Waals surface area (Å²) in [5, 5.41) is 10.1. The molecule has 0 aromatic carbocycles. The number of carbonyl (C=O) groups is 2. The Bertz CT molecular complexity index is 109. The number of rotatable bonds is 2. The summed E-state index contributed by atoms with van der Waals surface area (Å²) in [6.45, 7) is 7.12. The molecular weight excluding hydrogens is 158 g/mol. The molecule has 0 bridgehead atoms. The summed E-state index contributed by atoms with van der Waals surface area (Å²) in [4.78, 5) is 19.0. The monoisotopic (exact) mass is 177 g/mol. The molecule has 0 amide bonds. The smallest absolute Gasteiger partial charge is 0.300 e. The van der Waals surface area contributed by atoms with Gasteiger partial charge in [0, 0.05) is 6.92 Å². The third kappa shape index (κ3) is 135.